The van der Waals surface area contributed by atoms with Crippen LogP contribution < -0.4 is 14.8 Å². The number of anilines is 1. The molecule has 0 radical (unpaired) electrons. The maximum Gasteiger partial charge on any atom is 0.321 e. The Kier molecular flexibility index (Phi) is 6.94. The Morgan fingerprint density at radius 2 is 2.07 bits per heavy atom. The summed E-state index contributed by atoms with van der Waals surface area (Å²) < 4.78 is 16.4. The number of fused-ring (bicyclic) bond motifs is 2. The van der Waals surface area contributed by atoms with Gasteiger partial charge in [-0.05, 0) is 18.6 Å². The van der Waals surface area contributed by atoms with Gasteiger partial charge in [0.25, 0.3) is 6.47 Å². The zero-order valence-electron chi connectivity index (χ0n) is 16.0. The summed E-state index contributed by atoms with van der Waals surface area (Å²) in [5.41, 5.74) is 0.723. The van der Waals surface area contributed by atoms with Gasteiger partial charge in [-0.15, -0.1) is 0 Å². The van der Waals surface area contributed by atoms with Crippen LogP contribution in [0.3, 0.4) is 0 Å². The minimum absolute atomic E-state index is 0.0730. The molecule has 154 valence electrons. The van der Waals surface area contributed by atoms with Gasteiger partial charge in [0, 0.05) is 37.4 Å². The van der Waals surface area contributed by atoms with Crippen LogP contribution in [0, 0.1) is 0 Å². The Labute approximate surface area is 164 Å². The van der Waals surface area contributed by atoms with Crippen LogP contribution in [0.1, 0.15) is 19.8 Å². The van der Waals surface area contributed by atoms with Gasteiger partial charge in [0.05, 0.1) is 19.3 Å². The lowest BCUT2D eigenvalue weighted by Crippen LogP contribution is -2.63. The molecule has 0 aromatic heterocycles. The molecule has 2 saturated heterocycles. The number of amides is 2. The first-order chi connectivity index (χ1) is 13.7. The van der Waals surface area contributed by atoms with Crippen molar-refractivity contribution >= 4 is 18.2 Å². The summed E-state index contributed by atoms with van der Waals surface area (Å²) in [6.45, 7) is 6.06. The highest BCUT2D eigenvalue weighted by atomic mass is 16.7. The molecule has 0 bridgehead atoms. The van der Waals surface area contributed by atoms with Crippen molar-refractivity contribution in [3.05, 3.63) is 18.2 Å². The van der Waals surface area contributed by atoms with Crippen LogP contribution in [0.5, 0.6) is 11.5 Å². The lowest BCUT2D eigenvalue weighted by Gasteiger charge is -2.47. The van der Waals surface area contributed by atoms with E-state index < -0.39 is 0 Å². The van der Waals surface area contributed by atoms with Gasteiger partial charge in [0.1, 0.15) is 0 Å². The van der Waals surface area contributed by atoms with Gasteiger partial charge < -0.3 is 29.5 Å². The van der Waals surface area contributed by atoms with Crippen LogP contribution in [0.4, 0.5) is 10.5 Å². The number of benzene rings is 1. The van der Waals surface area contributed by atoms with Gasteiger partial charge in [-0.3, -0.25) is 9.69 Å². The van der Waals surface area contributed by atoms with E-state index in [1.165, 1.54) is 0 Å². The molecule has 0 saturated carbocycles. The third-order valence-electron chi connectivity index (χ3n) is 5.15. The number of hydrogen-bond donors (Lipinski definition) is 2. The van der Waals surface area contributed by atoms with E-state index in [2.05, 4.69) is 17.1 Å². The van der Waals surface area contributed by atoms with Gasteiger partial charge in [-0.25, -0.2) is 4.79 Å². The fourth-order valence-electron chi connectivity index (χ4n) is 3.88. The number of carbonyl (C=O) groups excluding carboxylic acids is 1. The van der Waals surface area contributed by atoms with Crippen LogP contribution in [0.25, 0.3) is 0 Å². The Morgan fingerprint density at radius 1 is 1.29 bits per heavy atom. The van der Waals surface area contributed by atoms with Crippen LogP contribution in [-0.2, 0) is 9.53 Å². The van der Waals surface area contributed by atoms with Gasteiger partial charge in [0.2, 0.25) is 6.79 Å². The first-order valence-electron chi connectivity index (χ1n) is 9.53. The second kappa shape index (κ2) is 9.61. The van der Waals surface area contributed by atoms with Crippen molar-refractivity contribution < 1.29 is 28.9 Å². The van der Waals surface area contributed by atoms with Crippen LogP contribution in [0.15, 0.2) is 18.2 Å². The highest BCUT2D eigenvalue weighted by Gasteiger charge is 2.36. The van der Waals surface area contributed by atoms with E-state index in [4.69, 9.17) is 24.1 Å². The fraction of sp³-hybridized carbons (Fsp3) is 0.579. The average molecular weight is 393 g/mol. The Morgan fingerprint density at radius 3 is 2.86 bits per heavy atom. The topological polar surface area (TPSA) is 101 Å². The van der Waals surface area contributed by atoms with Crippen molar-refractivity contribution in [2.45, 2.75) is 31.8 Å². The maximum atomic E-state index is 12.6. The number of nitrogens with one attached hydrogen (secondary N) is 1. The Balaban J connectivity index is 0.000000706. The van der Waals surface area contributed by atoms with Crippen molar-refractivity contribution in [2.75, 3.05) is 45.0 Å². The van der Waals surface area contributed by atoms with Crippen molar-refractivity contribution in [1.82, 2.24) is 9.80 Å². The lowest BCUT2D eigenvalue weighted by molar-refractivity contribution is -0.122. The molecule has 0 unspecified atom stereocenters. The van der Waals surface area contributed by atoms with Crippen molar-refractivity contribution in [3.8, 4) is 11.5 Å². The van der Waals surface area contributed by atoms with E-state index in [1.54, 1.807) is 6.07 Å². The highest BCUT2D eigenvalue weighted by molar-refractivity contribution is 5.89. The molecular weight excluding hydrogens is 366 g/mol. The molecule has 4 rings (SSSR count). The first-order valence-corrected chi connectivity index (χ1v) is 9.53. The predicted molar refractivity (Wildman–Crippen MR) is 102 cm³/mol. The number of carbonyl (C=O) groups is 2. The molecule has 9 nitrogen and oxygen atoms in total. The second-order valence-corrected chi connectivity index (χ2v) is 6.92. The summed E-state index contributed by atoms with van der Waals surface area (Å²) in [6, 6.07) is 6.17. The minimum Gasteiger partial charge on any atom is -0.483 e. The molecule has 1 aromatic carbocycles. The van der Waals surface area contributed by atoms with Gasteiger partial charge in [-0.2, -0.15) is 0 Å². The number of piperazine rings is 1. The highest BCUT2D eigenvalue weighted by Crippen LogP contribution is 2.34. The molecule has 2 amide bonds. The third-order valence-corrected chi connectivity index (χ3v) is 5.15. The number of ether oxygens (including phenoxy) is 3. The zero-order chi connectivity index (χ0) is 19.9. The standard InChI is InChI=1S/C18H25N3O4.CH2O2/c1-2-3-14-10-23-11-15-9-20(6-7-21(14)15)18(22)19-13-4-5-16-17(8-13)25-12-24-16;2-1-3/h4-5,8,14-15H,2-3,6-7,9-12H2,1H3,(H,19,22);1H,(H,2,3)/t14-,15+;/m0./s1. The molecule has 3 aliphatic rings. The molecule has 9 heteroatoms. The third kappa shape index (κ3) is 4.66. The average Bonchev–Trinajstić information content (AvgIpc) is 3.16. The normalized spacial score (nSPS) is 23.2. The summed E-state index contributed by atoms with van der Waals surface area (Å²) >= 11 is 0. The summed E-state index contributed by atoms with van der Waals surface area (Å²) in [5.74, 6) is 1.39. The monoisotopic (exact) mass is 393 g/mol. The van der Waals surface area contributed by atoms with Crippen LogP contribution in [-0.4, -0.2) is 79.1 Å². The molecule has 2 fully saturated rings. The van der Waals surface area contributed by atoms with E-state index in [0.717, 1.165) is 38.2 Å². The molecule has 1 aromatic rings. The largest absolute Gasteiger partial charge is 0.483 e. The van der Waals surface area contributed by atoms with Crippen LogP contribution in [0.2, 0.25) is 0 Å². The van der Waals surface area contributed by atoms with E-state index in [0.29, 0.717) is 36.7 Å². The number of rotatable bonds is 3. The van der Waals surface area contributed by atoms with Gasteiger partial charge >= 0.3 is 6.03 Å². The second-order valence-electron chi connectivity index (χ2n) is 6.92. The lowest BCUT2D eigenvalue weighted by atomic mass is 10.0. The minimum atomic E-state index is -0.250. The molecule has 0 aliphatic carbocycles. The predicted octanol–water partition coefficient (Wildman–Crippen LogP) is 1.83. The van der Waals surface area contributed by atoms with Crippen molar-refractivity contribution in [2.24, 2.45) is 0 Å². The van der Waals surface area contributed by atoms with E-state index in [1.807, 2.05) is 17.0 Å². The van der Waals surface area contributed by atoms with Gasteiger partial charge in [0.15, 0.2) is 11.5 Å². The summed E-state index contributed by atoms with van der Waals surface area (Å²) in [5, 5.41) is 9.85. The Bertz CT molecular complexity index is 684. The van der Waals surface area contributed by atoms with Gasteiger partial charge in [-0.1, -0.05) is 13.3 Å². The van der Waals surface area contributed by atoms with Crippen molar-refractivity contribution in [1.29, 1.82) is 0 Å². The molecular formula is C19H27N3O6. The summed E-state index contributed by atoms with van der Waals surface area (Å²) in [7, 11) is 0. The number of carboxylic acid groups (broad SMARTS) is 1. The molecule has 3 heterocycles. The number of urea groups is 1. The molecule has 2 N–H and O–H groups in total. The quantitative estimate of drug-likeness (QED) is 0.756. The zero-order valence-corrected chi connectivity index (χ0v) is 16.0. The molecule has 0 spiro atoms. The number of morpholine rings is 1. The smallest absolute Gasteiger partial charge is 0.321 e. The SMILES string of the molecule is CCC[C@H]1COC[C@H]2CN(C(=O)Nc3ccc4c(c3)OCO4)CCN12.O=CO. The summed E-state index contributed by atoms with van der Waals surface area (Å²) in [4.78, 5) is 25.4. The van der Waals surface area contributed by atoms with E-state index in [-0.39, 0.29) is 19.3 Å². The molecule has 2 atom stereocenters. The molecule has 3 aliphatic heterocycles. The fourth-order valence-corrected chi connectivity index (χ4v) is 3.88. The van der Waals surface area contributed by atoms with E-state index in [9.17, 15) is 4.79 Å². The Hall–Kier alpha value is -2.52. The van der Waals surface area contributed by atoms with Crippen LogP contribution >= 0.6 is 0 Å². The maximum absolute atomic E-state index is 12.6. The van der Waals surface area contributed by atoms with Crippen molar-refractivity contribution in [3.63, 3.8) is 0 Å². The first kappa shape index (κ1) is 20.2. The summed E-state index contributed by atoms with van der Waals surface area (Å²) in [6.07, 6.45) is 2.31. The van der Waals surface area contributed by atoms with E-state index >= 15 is 0 Å². The number of hydrogen-bond acceptors (Lipinski definition) is 6. The molecule has 28 heavy (non-hydrogen) atoms. The number of nitrogens with zero attached hydrogens (tertiary/aromatic N) is 2.